The Balaban J connectivity index is 2.18. The van der Waals surface area contributed by atoms with E-state index in [4.69, 9.17) is 17.4 Å². The fourth-order valence-corrected chi connectivity index (χ4v) is 2.08. The molecule has 2 amide bonds. The van der Waals surface area contributed by atoms with Gasteiger partial charge >= 0.3 is 0 Å². The zero-order valence-corrected chi connectivity index (χ0v) is 13.0. The van der Waals surface area contributed by atoms with E-state index in [1.54, 1.807) is 48.5 Å². The highest BCUT2D eigenvalue weighted by Gasteiger charge is 2.17. The van der Waals surface area contributed by atoms with Gasteiger partial charge in [0.25, 0.3) is 5.91 Å². The van der Waals surface area contributed by atoms with Crippen molar-refractivity contribution < 1.29 is 14.7 Å². The van der Waals surface area contributed by atoms with Crippen LogP contribution < -0.4 is 16.2 Å². The van der Waals surface area contributed by atoms with Crippen LogP contribution >= 0.6 is 11.6 Å². The number of nitrogens with zero attached hydrogens (tertiary/aromatic N) is 1. The fraction of sp³-hybridized carbons (Fsp3) is 0.125. The molecule has 6 nitrogen and oxygen atoms in total. The molecule has 7 heteroatoms. The highest BCUT2D eigenvalue weighted by Crippen LogP contribution is 2.19. The van der Waals surface area contributed by atoms with E-state index in [2.05, 4.69) is 5.32 Å². The summed E-state index contributed by atoms with van der Waals surface area (Å²) in [5, 5.41) is 12.9. The van der Waals surface area contributed by atoms with E-state index in [-0.39, 0.29) is 18.4 Å². The number of rotatable bonds is 5. The monoisotopic (exact) mass is 333 g/mol. The molecule has 0 atom stereocenters. The predicted octanol–water partition coefficient (Wildman–Crippen LogP) is 1.88. The van der Waals surface area contributed by atoms with Crippen LogP contribution in [-0.2, 0) is 11.4 Å². The fourth-order valence-electron chi connectivity index (χ4n) is 2.01. The summed E-state index contributed by atoms with van der Waals surface area (Å²) in [7, 11) is 0. The Morgan fingerprint density at radius 2 is 1.78 bits per heavy atom. The number of nitrogens with two attached hydrogens (primary N) is 1. The summed E-state index contributed by atoms with van der Waals surface area (Å²) in [6.45, 7) is -0.251. The number of halogens is 1. The highest BCUT2D eigenvalue weighted by molar-refractivity contribution is 6.29. The lowest BCUT2D eigenvalue weighted by atomic mass is 10.1. The third-order valence-electron chi connectivity index (χ3n) is 3.19. The van der Waals surface area contributed by atoms with Gasteiger partial charge in [-0.1, -0.05) is 18.2 Å². The average molecular weight is 334 g/mol. The third kappa shape index (κ3) is 4.07. The van der Waals surface area contributed by atoms with Gasteiger partial charge in [-0.3, -0.25) is 9.59 Å². The van der Waals surface area contributed by atoms with Crippen molar-refractivity contribution in [1.82, 2.24) is 0 Å². The standard InChI is InChI=1S/C16H16ClN3O3/c17-9-15(22)19-12-5-7-13(8-6-12)20(18)16(23)14-4-2-1-3-11(14)10-21/h1-8,21H,9-10,18H2,(H,19,22). The number of carbonyl (C=O) groups is 2. The second-order valence-electron chi connectivity index (χ2n) is 4.72. The molecule has 0 saturated carbocycles. The van der Waals surface area contributed by atoms with E-state index in [1.807, 2.05) is 0 Å². The molecule has 4 N–H and O–H groups in total. The summed E-state index contributed by atoms with van der Waals surface area (Å²) in [6.07, 6.45) is 0. The minimum Gasteiger partial charge on any atom is -0.392 e. The molecule has 2 aromatic rings. The second kappa shape index (κ2) is 7.73. The molecule has 0 spiro atoms. The number of hydrogen-bond acceptors (Lipinski definition) is 4. The SMILES string of the molecule is NN(C(=O)c1ccccc1CO)c1ccc(NC(=O)CCl)cc1. The van der Waals surface area contributed by atoms with Gasteiger partial charge in [-0.2, -0.15) is 0 Å². The van der Waals surface area contributed by atoms with Gasteiger partial charge in [0.2, 0.25) is 5.91 Å². The van der Waals surface area contributed by atoms with E-state index in [1.165, 1.54) is 0 Å². The maximum atomic E-state index is 12.4. The van der Waals surface area contributed by atoms with Crippen LogP contribution in [0.1, 0.15) is 15.9 Å². The zero-order valence-electron chi connectivity index (χ0n) is 12.2. The van der Waals surface area contributed by atoms with E-state index in [9.17, 15) is 14.7 Å². The molecular weight excluding hydrogens is 318 g/mol. The van der Waals surface area contributed by atoms with Crippen molar-refractivity contribution in [1.29, 1.82) is 0 Å². The molecule has 0 unspecified atom stereocenters. The lowest BCUT2D eigenvalue weighted by molar-refractivity contribution is -0.113. The largest absolute Gasteiger partial charge is 0.392 e. The number of alkyl halides is 1. The first-order valence-electron chi connectivity index (χ1n) is 6.80. The first-order chi connectivity index (χ1) is 11.1. The van der Waals surface area contributed by atoms with E-state index in [0.717, 1.165) is 5.01 Å². The maximum Gasteiger partial charge on any atom is 0.272 e. The third-order valence-corrected chi connectivity index (χ3v) is 3.43. The predicted molar refractivity (Wildman–Crippen MR) is 89.2 cm³/mol. The first kappa shape index (κ1) is 17.0. The average Bonchev–Trinajstić information content (AvgIpc) is 2.60. The van der Waals surface area contributed by atoms with Crippen molar-refractivity contribution in [3.8, 4) is 0 Å². The van der Waals surface area contributed by atoms with Crippen molar-refractivity contribution in [2.75, 3.05) is 16.2 Å². The Labute approximate surface area is 138 Å². The molecule has 0 radical (unpaired) electrons. The molecule has 120 valence electrons. The number of anilines is 2. The molecule has 2 aromatic carbocycles. The molecule has 2 rings (SSSR count). The molecule has 0 fully saturated rings. The summed E-state index contributed by atoms with van der Waals surface area (Å²) >= 11 is 5.42. The summed E-state index contributed by atoms with van der Waals surface area (Å²) in [5.41, 5.74) is 1.83. The van der Waals surface area contributed by atoms with Gasteiger partial charge in [0.05, 0.1) is 12.3 Å². The molecule has 0 saturated heterocycles. The van der Waals surface area contributed by atoms with Crippen LogP contribution in [0.5, 0.6) is 0 Å². The minimum atomic E-state index is -0.438. The van der Waals surface area contributed by atoms with Gasteiger partial charge in [0, 0.05) is 11.3 Å². The number of hydrazine groups is 1. The molecule has 0 aromatic heterocycles. The van der Waals surface area contributed by atoms with Gasteiger partial charge in [0.1, 0.15) is 5.88 Å². The molecule has 0 aliphatic heterocycles. The second-order valence-corrected chi connectivity index (χ2v) is 4.99. The van der Waals surface area contributed by atoms with Crippen molar-refractivity contribution in [2.45, 2.75) is 6.61 Å². The molecule has 0 heterocycles. The number of nitrogens with one attached hydrogen (secondary N) is 1. The summed E-state index contributed by atoms with van der Waals surface area (Å²) in [6, 6.07) is 13.1. The number of aliphatic hydroxyl groups excluding tert-OH is 1. The topological polar surface area (TPSA) is 95.7 Å². The van der Waals surface area contributed by atoms with Crippen molar-refractivity contribution in [3.63, 3.8) is 0 Å². The molecule has 0 aliphatic rings. The minimum absolute atomic E-state index is 0.138. The van der Waals surface area contributed by atoms with Crippen LogP contribution in [0.15, 0.2) is 48.5 Å². The van der Waals surface area contributed by atoms with Crippen LogP contribution in [0.4, 0.5) is 11.4 Å². The van der Waals surface area contributed by atoms with Crippen molar-refractivity contribution >= 4 is 34.8 Å². The number of aliphatic hydroxyl groups is 1. The van der Waals surface area contributed by atoms with Crippen molar-refractivity contribution in [3.05, 3.63) is 59.7 Å². The lowest BCUT2D eigenvalue weighted by Gasteiger charge is -2.18. The summed E-state index contributed by atoms with van der Waals surface area (Å²) in [4.78, 5) is 23.6. The zero-order chi connectivity index (χ0) is 16.8. The lowest BCUT2D eigenvalue weighted by Crippen LogP contribution is -2.38. The number of benzene rings is 2. The Morgan fingerprint density at radius 3 is 2.39 bits per heavy atom. The number of hydrogen-bond donors (Lipinski definition) is 3. The quantitative estimate of drug-likeness (QED) is 0.337. The summed E-state index contributed by atoms with van der Waals surface area (Å²) < 4.78 is 0. The van der Waals surface area contributed by atoms with E-state index >= 15 is 0 Å². The number of amides is 2. The highest BCUT2D eigenvalue weighted by atomic mass is 35.5. The van der Waals surface area contributed by atoms with Gasteiger partial charge in [0.15, 0.2) is 0 Å². The maximum absolute atomic E-state index is 12.4. The van der Waals surface area contributed by atoms with Gasteiger partial charge in [-0.25, -0.2) is 10.9 Å². The number of carbonyl (C=O) groups excluding carboxylic acids is 2. The van der Waals surface area contributed by atoms with E-state index in [0.29, 0.717) is 22.5 Å². The molecule has 0 bridgehead atoms. The Morgan fingerprint density at radius 1 is 1.13 bits per heavy atom. The molecule has 0 aliphatic carbocycles. The first-order valence-corrected chi connectivity index (χ1v) is 7.34. The molecular formula is C16H16ClN3O3. The van der Waals surface area contributed by atoms with Crippen LogP contribution in [0, 0.1) is 0 Å². The van der Waals surface area contributed by atoms with Crippen LogP contribution in [0.25, 0.3) is 0 Å². The Hall–Kier alpha value is -2.41. The van der Waals surface area contributed by atoms with Crippen LogP contribution in [0.2, 0.25) is 0 Å². The van der Waals surface area contributed by atoms with E-state index < -0.39 is 5.91 Å². The van der Waals surface area contributed by atoms with Gasteiger partial charge in [-0.05, 0) is 35.9 Å². The van der Waals surface area contributed by atoms with Gasteiger partial charge in [-0.15, -0.1) is 11.6 Å². The normalized spacial score (nSPS) is 10.2. The van der Waals surface area contributed by atoms with Crippen LogP contribution in [0.3, 0.4) is 0 Å². The Kier molecular flexibility index (Phi) is 5.70. The van der Waals surface area contributed by atoms with Gasteiger partial charge < -0.3 is 10.4 Å². The van der Waals surface area contributed by atoms with Crippen molar-refractivity contribution in [2.24, 2.45) is 5.84 Å². The summed E-state index contributed by atoms with van der Waals surface area (Å²) in [5.74, 6) is 4.97. The van der Waals surface area contributed by atoms with Crippen LogP contribution in [-0.4, -0.2) is 22.8 Å². The molecule has 23 heavy (non-hydrogen) atoms. The smallest absolute Gasteiger partial charge is 0.272 e. The Bertz CT molecular complexity index is 704.